The van der Waals surface area contributed by atoms with Crippen LogP contribution < -0.4 is 14.4 Å². The largest absolute Gasteiger partial charge is 0.497 e. The number of hydrogen-bond donors (Lipinski definition) is 0. The van der Waals surface area contributed by atoms with Gasteiger partial charge in [-0.3, -0.25) is 9.69 Å². The number of rotatable bonds is 12. The Balaban J connectivity index is 1.85. The predicted octanol–water partition coefficient (Wildman–Crippen LogP) is 5.47. The summed E-state index contributed by atoms with van der Waals surface area (Å²) < 4.78 is 12.1. The van der Waals surface area contributed by atoms with Crippen molar-refractivity contribution in [3.8, 4) is 11.5 Å². The first-order valence-electron chi connectivity index (χ1n) is 11.3. The molecule has 0 saturated carbocycles. The summed E-state index contributed by atoms with van der Waals surface area (Å²) in [6.07, 6.45) is 2.11. The van der Waals surface area contributed by atoms with Gasteiger partial charge >= 0.3 is 0 Å². The first kappa shape index (κ1) is 24.0. The van der Waals surface area contributed by atoms with Crippen molar-refractivity contribution in [1.29, 1.82) is 0 Å². The molecule has 0 bridgehead atoms. The molecule has 32 heavy (non-hydrogen) atoms. The lowest BCUT2D eigenvalue weighted by atomic mass is 10.2. The molecule has 0 aliphatic rings. The number of benzene rings is 2. The zero-order valence-electron chi connectivity index (χ0n) is 19.5. The maximum absolute atomic E-state index is 13.5. The summed E-state index contributed by atoms with van der Waals surface area (Å²) in [5.74, 6) is 1.49. The van der Waals surface area contributed by atoms with Gasteiger partial charge in [0.2, 0.25) is 0 Å². The van der Waals surface area contributed by atoms with Crippen LogP contribution in [0.25, 0.3) is 10.2 Å². The zero-order valence-corrected chi connectivity index (χ0v) is 20.3. The van der Waals surface area contributed by atoms with E-state index in [9.17, 15) is 4.79 Å². The number of thiazole rings is 1. The molecule has 0 atom stereocenters. The second-order valence-corrected chi connectivity index (χ2v) is 8.55. The van der Waals surface area contributed by atoms with Gasteiger partial charge < -0.3 is 14.4 Å². The number of amides is 1. The third kappa shape index (κ3) is 5.99. The molecule has 0 unspecified atom stereocenters. The summed E-state index contributed by atoms with van der Waals surface area (Å²) >= 11 is 1.53. The highest BCUT2D eigenvalue weighted by molar-refractivity contribution is 7.22. The van der Waals surface area contributed by atoms with Crippen LogP contribution >= 0.6 is 11.3 Å². The highest BCUT2D eigenvalue weighted by Gasteiger charge is 2.22. The van der Waals surface area contributed by atoms with Gasteiger partial charge in [0.1, 0.15) is 11.5 Å². The molecule has 172 valence electrons. The first-order chi connectivity index (χ1) is 15.6. The van der Waals surface area contributed by atoms with E-state index in [1.54, 1.807) is 12.0 Å². The molecule has 3 aromatic rings. The Kier molecular flexibility index (Phi) is 8.88. The van der Waals surface area contributed by atoms with Gasteiger partial charge in [0.05, 0.1) is 23.9 Å². The third-order valence-corrected chi connectivity index (χ3v) is 6.52. The molecule has 0 spiro atoms. The summed E-state index contributed by atoms with van der Waals surface area (Å²) in [5.41, 5.74) is 1.47. The lowest BCUT2D eigenvalue weighted by molar-refractivity contribution is 0.0983. The van der Waals surface area contributed by atoms with Crippen LogP contribution in [0, 0.1) is 0 Å². The fourth-order valence-electron chi connectivity index (χ4n) is 3.39. The van der Waals surface area contributed by atoms with Crippen molar-refractivity contribution in [1.82, 2.24) is 9.88 Å². The van der Waals surface area contributed by atoms with Crippen molar-refractivity contribution in [2.45, 2.75) is 33.6 Å². The number of anilines is 1. The average molecular weight is 456 g/mol. The van der Waals surface area contributed by atoms with Crippen molar-refractivity contribution in [2.75, 3.05) is 44.8 Å². The highest BCUT2D eigenvalue weighted by atomic mass is 32.1. The van der Waals surface area contributed by atoms with Crippen LogP contribution in [0.2, 0.25) is 0 Å². The zero-order chi connectivity index (χ0) is 22.9. The van der Waals surface area contributed by atoms with Crippen LogP contribution in [0.15, 0.2) is 42.5 Å². The number of nitrogens with zero attached hydrogens (tertiary/aromatic N) is 3. The maximum atomic E-state index is 13.5. The van der Waals surface area contributed by atoms with Crippen LogP contribution in [0.3, 0.4) is 0 Å². The van der Waals surface area contributed by atoms with E-state index in [0.29, 0.717) is 23.8 Å². The van der Waals surface area contributed by atoms with Crippen LogP contribution in [-0.2, 0) is 0 Å². The van der Waals surface area contributed by atoms with Gasteiger partial charge in [0, 0.05) is 24.7 Å². The Labute approximate surface area is 194 Å². The topological polar surface area (TPSA) is 54.9 Å². The van der Waals surface area contributed by atoms with Crippen molar-refractivity contribution >= 4 is 32.6 Å². The van der Waals surface area contributed by atoms with E-state index in [0.717, 1.165) is 54.2 Å². The van der Waals surface area contributed by atoms with E-state index in [2.05, 4.69) is 25.7 Å². The second kappa shape index (κ2) is 11.8. The average Bonchev–Trinajstić information content (AvgIpc) is 3.25. The van der Waals surface area contributed by atoms with Gasteiger partial charge in [0.15, 0.2) is 5.13 Å². The van der Waals surface area contributed by atoms with E-state index in [1.807, 2.05) is 42.5 Å². The third-order valence-electron chi connectivity index (χ3n) is 5.46. The Hall–Kier alpha value is -2.64. The minimum absolute atomic E-state index is 0.0525. The van der Waals surface area contributed by atoms with Gasteiger partial charge in [-0.05, 0) is 55.9 Å². The fourth-order valence-corrected chi connectivity index (χ4v) is 4.36. The van der Waals surface area contributed by atoms with Crippen LogP contribution in [0.4, 0.5) is 5.13 Å². The van der Waals surface area contributed by atoms with Crippen LogP contribution in [-0.4, -0.2) is 55.7 Å². The Bertz CT molecular complexity index is 999. The molecule has 0 aliphatic heterocycles. The van der Waals surface area contributed by atoms with Crippen molar-refractivity contribution < 1.29 is 14.3 Å². The number of carbonyl (C=O) groups is 1. The summed E-state index contributed by atoms with van der Waals surface area (Å²) in [5, 5.41) is 0.702. The maximum Gasteiger partial charge on any atom is 0.260 e. The van der Waals surface area contributed by atoms with E-state index in [-0.39, 0.29) is 5.91 Å². The highest BCUT2D eigenvalue weighted by Crippen LogP contribution is 2.32. The van der Waals surface area contributed by atoms with Crippen molar-refractivity contribution in [3.05, 3.63) is 48.0 Å². The number of ether oxygens (including phenoxy) is 2. The number of aromatic nitrogens is 1. The minimum atomic E-state index is -0.0525. The SMILES string of the molecule is CCCCOc1ccc(C(=O)N(CCN(CC)CC)c2nc3cc(OC)ccc3s2)cc1. The van der Waals surface area contributed by atoms with Gasteiger partial charge in [-0.25, -0.2) is 4.98 Å². The van der Waals surface area contributed by atoms with Gasteiger partial charge in [-0.2, -0.15) is 0 Å². The summed E-state index contributed by atoms with van der Waals surface area (Å²) in [4.78, 5) is 22.4. The summed E-state index contributed by atoms with van der Waals surface area (Å²) in [6.45, 7) is 10.3. The van der Waals surface area contributed by atoms with Crippen molar-refractivity contribution in [2.24, 2.45) is 0 Å². The molecular weight excluding hydrogens is 422 g/mol. The molecule has 0 saturated heterocycles. The summed E-state index contributed by atoms with van der Waals surface area (Å²) in [6, 6.07) is 13.2. The fraction of sp³-hybridized carbons (Fsp3) is 0.440. The molecule has 0 N–H and O–H groups in total. The molecule has 1 heterocycles. The number of likely N-dealkylation sites (N-methyl/N-ethyl adjacent to an activating group) is 1. The van der Waals surface area contributed by atoms with Crippen molar-refractivity contribution in [3.63, 3.8) is 0 Å². The van der Waals surface area contributed by atoms with Crippen LogP contribution in [0.5, 0.6) is 11.5 Å². The normalized spacial score (nSPS) is 11.2. The Morgan fingerprint density at radius 2 is 1.72 bits per heavy atom. The standard InChI is InChI=1S/C25H33N3O3S/c1-5-8-17-31-20-11-9-19(10-12-20)24(29)28(16-15-27(6-2)7-3)25-26-22-18-21(30-4)13-14-23(22)32-25/h9-14,18H,5-8,15-17H2,1-4H3. The molecule has 1 amide bonds. The molecule has 7 heteroatoms. The van der Waals surface area contributed by atoms with E-state index in [1.165, 1.54) is 11.3 Å². The quantitative estimate of drug-likeness (QED) is 0.339. The molecule has 3 rings (SSSR count). The lowest BCUT2D eigenvalue weighted by Crippen LogP contribution is -2.38. The van der Waals surface area contributed by atoms with Crippen LogP contribution in [0.1, 0.15) is 44.0 Å². The van der Waals surface area contributed by atoms with Gasteiger partial charge in [0.25, 0.3) is 5.91 Å². The van der Waals surface area contributed by atoms with Gasteiger partial charge in [-0.1, -0.05) is 38.5 Å². The summed E-state index contributed by atoms with van der Waals surface area (Å²) in [7, 11) is 1.64. The minimum Gasteiger partial charge on any atom is -0.497 e. The number of methoxy groups -OCH3 is 1. The number of unbranched alkanes of at least 4 members (excludes halogenated alkanes) is 1. The number of hydrogen-bond acceptors (Lipinski definition) is 6. The van der Waals surface area contributed by atoms with Gasteiger partial charge in [-0.15, -0.1) is 0 Å². The Morgan fingerprint density at radius 3 is 2.38 bits per heavy atom. The number of carbonyl (C=O) groups excluding carboxylic acids is 1. The Morgan fingerprint density at radius 1 is 1.00 bits per heavy atom. The number of fused-ring (bicyclic) bond motifs is 1. The smallest absolute Gasteiger partial charge is 0.260 e. The molecule has 6 nitrogen and oxygen atoms in total. The first-order valence-corrected chi connectivity index (χ1v) is 12.1. The molecule has 1 aromatic heterocycles. The van der Waals surface area contributed by atoms with E-state index < -0.39 is 0 Å². The van der Waals surface area contributed by atoms with E-state index in [4.69, 9.17) is 14.5 Å². The molecule has 0 fully saturated rings. The van der Waals surface area contributed by atoms with E-state index >= 15 is 0 Å². The molecular formula is C25H33N3O3S. The molecule has 2 aromatic carbocycles. The second-order valence-electron chi connectivity index (χ2n) is 7.54. The monoisotopic (exact) mass is 455 g/mol. The predicted molar refractivity (Wildman–Crippen MR) is 132 cm³/mol. The molecule has 0 radical (unpaired) electrons. The lowest BCUT2D eigenvalue weighted by Gasteiger charge is -2.24. The molecule has 0 aliphatic carbocycles.